The molecule has 25 heavy (non-hydrogen) atoms. The number of aromatic nitrogens is 1. The van der Waals surface area contributed by atoms with Gasteiger partial charge in [0.1, 0.15) is 5.69 Å². The monoisotopic (exact) mass is 349 g/mol. The van der Waals surface area contributed by atoms with Crippen molar-refractivity contribution in [1.29, 1.82) is 0 Å². The van der Waals surface area contributed by atoms with Crippen LogP contribution >= 0.6 is 0 Å². The van der Waals surface area contributed by atoms with E-state index in [4.69, 9.17) is 4.74 Å². The standard InChI is InChI=1S/C18H27N3O4/c1-5-7-14-15(18(24)25-4)12(2)19-16(14)17(23)21-9-6-8-20(10-11-21)13(3)22/h19H,5-11H2,1-4H3. The molecule has 1 aromatic heterocycles. The van der Waals surface area contributed by atoms with Crippen molar-refractivity contribution >= 4 is 17.8 Å². The van der Waals surface area contributed by atoms with Gasteiger partial charge in [-0.15, -0.1) is 0 Å². The third kappa shape index (κ3) is 4.03. The van der Waals surface area contributed by atoms with Crippen molar-refractivity contribution in [2.75, 3.05) is 33.3 Å². The van der Waals surface area contributed by atoms with Gasteiger partial charge in [0.25, 0.3) is 5.91 Å². The Hall–Kier alpha value is -2.31. The van der Waals surface area contributed by atoms with Gasteiger partial charge in [-0.05, 0) is 25.3 Å². The van der Waals surface area contributed by atoms with E-state index in [1.54, 1.807) is 23.6 Å². The lowest BCUT2D eigenvalue weighted by molar-refractivity contribution is -0.128. The Bertz CT molecular complexity index is 666. The average Bonchev–Trinajstić information content (AvgIpc) is 2.77. The molecule has 0 aliphatic carbocycles. The highest BCUT2D eigenvalue weighted by Gasteiger charge is 2.28. The number of aromatic amines is 1. The number of hydrogen-bond donors (Lipinski definition) is 1. The van der Waals surface area contributed by atoms with Crippen LogP contribution in [0.5, 0.6) is 0 Å². The molecule has 1 saturated heterocycles. The van der Waals surface area contributed by atoms with Gasteiger partial charge < -0.3 is 19.5 Å². The Morgan fingerprint density at radius 1 is 1.12 bits per heavy atom. The number of carbonyl (C=O) groups excluding carboxylic acids is 3. The summed E-state index contributed by atoms with van der Waals surface area (Å²) >= 11 is 0. The summed E-state index contributed by atoms with van der Waals surface area (Å²) in [7, 11) is 1.34. The van der Waals surface area contributed by atoms with E-state index < -0.39 is 5.97 Å². The Kier molecular flexibility index (Phi) is 6.22. The van der Waals surface area contributed by atoms with Gasteiger partial charge in [0.05, 0.1) is 12.7 Å². The molecular formula is C18H27N3O4. The Morgan fingerprint density at radius 3 is 2.36 bits per heavy atom. The van der Waals surface area contributed by atoms with Crippen molar-refractivity contribution in [3.63, 3.8) is 0 Å². The number of amides is 2. The normalized spacial score (nSPS) is 15.0. The predicted octanol–water partition coefficient (Wildman–Crippen LogP) is 1.76. The summed E-state index contributed by atoms with van der Waals surface area (Å²) in [6, 6.07) is 0. The highest BCUT2D eigenvalue weighted by Crippen LogP contribution is 2.23. The molecule has 2 heterocycles. The molecule has 7 heteroatoms. The van der Waals surface area contributed by atoms with Crippen LogP contribution in [0.1, 0.15) is 58.8 Å². The van der Waals surface area contributed by atoms with Crippen LogP contribution in [0.4, 0.5) is 0 Å². The van der Waals surface area contributed by atoms with Gasteiger partial charge in [-0.25, -0.2) is 4.79 Å². The van der Waals surface area contributed by atoms with E-state index in [-0.39, 0.29) is 11.8 Å². The molecule has 0 spiro atoms. The minimum absolute atomic E-state index is 0.0321. The minimum Gasteiger partial charge on any atom is -0.465 e. The van der Waals surface area contributed by atoms with Gasteiger partial charge in [-0.3, -0.25) is 9.59 Å². The number of nitrogens with one attached hydrogen (secondary N) is 1. The summed E-state index contributed by atoms with van der Waals surface area (Å²) in [5.41, 5.74) is 2.31. The molecule has 1 aromatic rings. The van der Waals surface area contributed by atoms with Crippen molar-refractivity contribution in [2.24, 2.45) is 0 Å². The predicted molar refractivity (Wildman–Crippen MR) is 93.6 cm³/mol. The molecule has 0 unspecified atom stereocenters. The Morgan fingerprint density at radius 2 is 1.76 bits per heavy atom. The molecule has 0 aromatic carbocycles. The molecular weight excluding hydrogens is 322 g/mol. The molecule has 0 saturated carbocycles. The first-order chi connectivity index (χ1) is 11.9. The second kappa shape index (κ2) is 8.18. The fourth-order valence-corrected chi connectivity index (χ4v) is 3.33. The van der Waals surface area contributed by atoms with Crippen molar-refractivity contribution in [2.45, 2.75) is 40.0 Å². The SMILES string of the molecule is CCCc1c(C(=O)N2CCCN(C(C)=O)CC2)[nH]c(C)c1C(=O)OC. The lowest BCUT2D eigenvalue weighted by Crippen LogP contribution is -2.37. The third-order valence-electron chi connectivity index (χ3n) is 4.62. The van der Waals surface area contributed by atoms with Crippen LogP contribution in [0.3, 0.4) is 0 Å². The highest BCUT2D eigenvalue weighted by atomic mass is 16.5. The van der Waals surface area contributed by atoms with Crippen molar-refractivity contribution < 1.29 is 19.1 Å². The maximum Gasteiger partial charge on any atom is 0.339 e. The van der Waals surface area contributed by atoms with Crippen LogP contribution in [0, 0.1) is 6.92 Å². The molecule has 1 N–H and O–H groups in total. The summed E-state index contributed by atoms with van der Waals surface area (Å²) in [6.07, 6.45) is 2.20. The second-order valence-electron chi connectivity index (χ2n) is 6.37. The number of aryl methyl sites for hydroxylation is 1. The third-order valence-corrected chi connectivity index (χ3v) is 4.62. The van der Waals surface area contributed by atoms with E-state index in [2.05, 4.69) is 4.98 Å². The van der Waals surface area contributed by atoms with Gasteiger partial charge in [0.2, 0.25) is 5.91 Å². The molecule has 2 rings (SSSR count). The van der Waals surface area contributed by atoms with Crippen LogP contribution in [0.2, 0.25) is 0 Å². The summed E-state index contributed by atoms with van der Waals surface area (Å²) in [6.45, 7) is 7.63. The van der Waals surface area contributed by atoms with Crippen molar-refractivity contribution in [3.05, 3.63) is 22.5 Å². The summed E-state index contributed by atoms with van der Waals surface area (Å²) in [5.74, 6) is -0.508. The first-order valence-corrected chi connectivity index (χ1v) is 8.75. The quantitative estimate of drug-likeness (QED) is 0.840. The molecule has 1 aliphatic heterocycles. The summed E-state index contributed by atoms with van der Waals surface area (Å²) < 4.78 is 4.88. The van der Waals surface area contributed by atoms with Crippen molar-refractivity contribution in [3.8, 4) is 0 Å². The van der Waals surface area contributed by atoms with E-state index in [0.29, 0.717) is 49.6 Å². The zero-order chi connectivity index (χ0) is 18.6. The molecule has 7 nitrogen and oxygen atoms in total. The number of ether oxygens (including phenoxy) is 1. The van der Waals surface area contributed by atoms with E-state index in [9.17, 15) is 14.4 Å². The van der Waals surface area contributed by atoms with Gasteiger partial charge in [0.15, 0.2) is 0 Å². The summed E-state index contributed by atoms with van der Waals surface area (Å²) in [4.78, 5) is 43.3. The topological polar surface area (TPSA) is 82.7 Å². The zero-order valence-corrected chi connectivity index (χ0v) is 15.5. The van der Waals surface area contributed by atoms with E-state index in [1.807, 2.05) is 6.92 Å². The van der Waals surface area contributed by atoms with Crippen LogP contribution in [-0.4, -0.2) is 65.9 Å². The lowest BCUT2D eigenvalue weighted by atomic mass is 10.0. The molecule has 1 fully saturated rings. The average molecular weight is 349 g/mol. The smallest absolute Gasteiger partial charge is 0.339 e. The van der Waals surface area contributed by atoms with E-state index >= 15 is 0 Å². The van der Waals surface area contributed by atoms with Crippen LogP contribution in [0.25, 0.3) is 0 Å². The lowest BCUT2D eigenvalue weighted by Gasteiger charge is -2.21. The second-order valence-corrected chi connectivity index (χ2v) is 6.37. The maximum atomic E-state index is 13.0. The maximum absolute atomic E-state index is 13.0. The molecule has 2 amide bonds. The zero-order valence-electron chi connectivity index (χ0n) is 15.5. The highest BCUT2D eigenvalue weighted by molar-refractivity contribution is 6.00. The number of nitrogens with zero attached hydrogens (tertiary/aromatic N) is 2. The largest absolute Gasteiger partial charge is 0.465 e. The number of H-pyrrole nitrogens is 1. The van der Waals surface area contributed by atoms with Gasteiger partial charge >= 0.3 is 5.97 Å². The fraction of sp³-hybridized carbons (Fsp3) is 0.611. The van der Waals surface area contributed by atoms with Crippen molar-refractivity contribution in [1.82, 2.24) is 14.8 Å². The van der Waals surface area contributed by atoms with Gasteiger partial charge in [-0.2, -0.15) is 0 Å². The minimum atomic E-state index is -0.421. The van der Waals surface area contributed by atoms with Crippen LogP contribution < -0.4 is 0 Å². The number of esters is 1. The van der Waals surface area contributed by atoms with Crippen LogP contribution in [0.15, 0.2) is 0 Å². The molecule has 138 valence electrons. The first kappa shape index (κ1) is 19.0. The molecule has 0 radical (unpaired) electrons. The number of rotatable bonds is 4. The first-order valence-electron chi connectivity index (χ1n) is 8.75. The Balaban J connectivity index is 2.29. The number of methoxy groups -OCH3 is 1. The fourth-order valence-electron chi connectivity index (χ4n) is 3.33. The summed E-state index contributed by atoms with van der Waals surface area (Å²) in [5, 5.41) is 0. The number of hydrogen-bond acceptors (Lipinski definition) is 4. The Labute approximate surface area is 148 Å². The molecule has 0 atom stereocenters. The number of carbonyl (C=O) groups is 3. The van der Waals surface area contributed by atoms with E-state index in [1.165, 1.54) is 7.11 Å². The van der Waals surface area contributed by atoms with Gasteiger partial charge in [-0.1, -0.05) is 13.3 Å². The molecule has 1 aliphatic rings. The van der Waals surface area contributed by atoms with Crippen LogP contribution in [-0.2, 0) is 16.0 Å². The molecule has 0 bridgehead atoms. The van der Waals surface area contributed by atoms with Gasteiger partial charge in [0, 0.05) is 38.8 Å². The van der Waals surface area contributed by atoms with E-state index in [0.717, 1.165) is 18.4 Å².